The molecule has 1 aromatic heterocycles. The van der Waals surface area contributed by atoms with Crippen molar-refractivity contribution >= 4 is 5.91 Å². The van der Waals surface area contributed by atoms with Crippen molar-refractivity contribution in [2.24, 2.45) is 0 Å². The fraction of sp³-hybridized carbons (Fsp3) is 0.389. The summed E-state index contributed by atoms with van der Waals surface area (Å²) < 4.78 is 16.1. The molecule has 0 saturated heterocycles. The number of aromatic amines is 1. The van der Waals surface area contributed by atoms with Crippen LogP contribution in [0.25, 0.3) is 11.1 Å². The molecule has 134 valence electrons. The number of carbonyl (C=O) groups excluding carboxylic acids is 1. The smallest absolute Gasteiger partial charge is 0.253 e. The van der Waals surface area contributed by atoms with Gasteiger partial charge < -0.3 is 29.8 Å². The first-order valence-corrected chi connectivity index (χ1v) is 8.34. The minimum absolute atomic E-state index is 0.111. The van der Waals surface area contributed by atoms with E-state index in [1.807, 2.05) is 24.4 Å². The first kappa shape index (κ1) is 17.3. The SMILES string of the molecule is COCCNCCNC(=O)c1c[nH]cc1-c1ccc2c(c1)OCCO2. The second-order valence-corrected chi connectivity index (χ2v) is 5.64. The van der Waals surface area contributed by atoms with Gasteiger partial charge in [0.15, 0.2) is 11.5 Å². The van der Waals surface area contributed by atoms with Crippen molar-refractivity contribution in [2.45, 2.75) is 0 Å². The summed E-state index contributed by atoms with van der Waals surface area (Å²) in [7, 11) is 1.66. The number of hydrogen-bond donors (Lipinski definition) is 3. The Kier molecular flexibility index (Phi) is 5.92. The van der Waals surface area contributed by atoms with Crippen LogP contribution in [0.15, 0.2) is 30.6 Å². The molecule has 0 saturated carbocycles. The van der Waals surface area contributed by atoms with E-state index >= 15 is 0 Å². The molecule has 3 N–H and O–H groups in total. The monoisotopic (exact) mass is 345 g/mol. The third-order valence-corrected chi connectivity index (χ3v) is 3.91. The molecule has 1 aromatic carbocycles. The molecule has 0 aliphatic carbocycles. The van der Waals surface area contributed by atoms with Gasteiger partial charge in [-0.2, -0.15) is 0 Å². The molecule has 0 fully saturated rings. The van der Waals surface area contributed by atoms with Crippen LogP contribution in [-0.4, -0.2) is 57.5 Å². The lowest BCUT2D eigenvalue weighted by molar-refractivity contribution is 0.0954. The predicted molar refractivity (Wildman–Crippen MR) is 94.3 cm³/mol. The Hall–Kier alpha value is -2.51. The van der Waals surface area contributed by atoms with Crippen molar-refractivity contribution in [3.8, 4) is 22.6 Å². The molecule has 3 rings (SSSR count). The minimum Gasteiger partial charge on any atom is -0.486 e. The number of amides is 1. The van der Waals surface area contributed by atoms with Gasteiger partial charge in [0, 0.05) is 44.7 Å². The molecule has 7 heteroatoms. The molecular weight excluding hydrogens is 322 g/mol. The van der Waals surface area contributed by atoms with Gasteiger partial charge in [-0.3, -0.25) is 4.79 Å². The standard InChI is InChI=1S/C18H23N3O4/c1-23-7-6-19-4-5-21-18(22)15-12-20-11-14(15)13-2-3-16-17(10-13)25-9-8-24-16/h2-3,10-12,19-20H,4-9H2,1H3,(H,21,22). The Balaban J connectivity index is 1.63. The van der Waals surface area contributed by atoms with E-state index in [0.717, 1.165) is 23.4 Å². The van der Waals surface area contributed by atoms with Crippen molar-refractivity contribution in [3.05, 3.63) is 36.2 Å². The van der Waals surface area contributed by atoms with E-state index in [0.29, 0.717) is 44.2 Å². The van der Waals surface area contributed by atoms with E-state index in [-0.39, 0.29) is 5.91 Å². The zero-order valence-corrected chi connectivity index (χ0v) is 14.3. The summed E-state index contributed by atoms with van der Waals surface area (Å²) in [6.07, 6.45) is 3.52. The van der Waals surface area contributed by atoms with Gasteiger partial charge in [0.2, 0.25) is 0 Å². The summed E-state index contributed by atoms with van der Waals surface area (Å²) in [4.78, 5) is 15.4. The van der Waals surface area contributed by atoms with Crippen LogP contribution in [-0.2, 0) is 4.74 Å². The summed E-state index contributed by atoms with van der Waals surface area (Å²) >= 11 is 0. The van der Waals surface area contributed by atoms with Crippen LogP contribution in [0.3, 0.4) is 0 Å². The normalized spacial score (nSPS) is 12.8. The van der Waals surface area contributed by atoms with E-state index in [1.54, 1.807) is 13.3 Å². The molecule has 1 amide bonds. The lowest BCUT2D eigenvalue weighted by atomic mass is 10.0. The van der Waals surface area contributed by atoms with Crippen LogP contribution in [0.5, 0.6) is 11.5 Å². The number of aromatic nitrogens is 1. The molecule has 0 unspecified atom stereocenters. The lowest BCUT2D eigenvalue weighted by Crippen LogP contribution is -2.33. The molecule has 7 nitrogen and oxygen atoms in total. The van der Waals surface area contributed by atoms with Crippen LogP contribution in [0.1, 0.15) is 10.4 Å². The topological polar surface area (TPSA) is 84.6 Å². The second kappa shape index (κ2) is 8.55. The van der Waals surface area contributed by atoms with Crippen LogP contribution < -0.4 is 20.1 Å². The van der Waals surface area contributed by atoms with Gasteiger partial charge in [-0.15, -0.1) is 0 Å². The van der Waals surface area contributed by atoms with Crippen LogP contribution in [0.4, 0.5) is 0 Å². The third-order valence-electron chi connectivity index (χ3n) is 3.91. The van der Waals surface area contributed by atoms with E-state index in [1.165, 1.54) is 0 Å². The molecule has 1 aliphatic heterocycles. The molecule has 0 atom stereocenters. The maximum absolute atomic E-state index is 12.4. The van der Waals surface area contributed by atoms with Crippen molar-refractivity contribution in [1.82, 2.24) is 15.6 Å². The molecule has 0 bridgehead atoms. The third kappa shape index (κ3) is 4.32. The Labute approximate surface area is 146 Å². The number of fused-ring (bicyclic) bond motifs is 1. The predicted octanol–water partition coefficient (Wildman–Crippen LogP) is 1.42. The average Bonchev–Trinajstić information content (AvgIpc) is 3.14. The second-order valence-electron chi connectivity index (χ2n) is 5.64. The number of ether oxygens (including phenoxy) is 3. The summed E-state index contributed by atoms with van der Waals surface area (Å²) in [5.41, 5.74) is 2.35. The zero-order valence-electron chi connectivity index (χ0n) is 14.3. The highest BCUT2D eigenvalue weighted by Crippen LogP contribution is 2.35. The van der Waals surface area contributed by atoms with E-state index in [9.17, 15) is 4.79 Å². The van der Waals surface area contributed by atoms with Crippen LogP contribution in [0.2, 0.25) is 0 Å². The van der Waals surface area contributed by atoms with E-state index in [4.69, 9.17) is 14.2 Å². The Morgan fingerprint density at radius 3 is 2.84 bits per heavy atom. The number of hydrogen-bond acceptors (Lipinski definition) is 5. The number of rotatable bonds is 8. The van der Waals surface area contributed by atoms with Crippen LogP contribution >= 0.6 is 0 Å². The van der Waals surface area contributed by atoms with Gasteiger partial charge in [0.05, 0.1) is 12.2 Å². The minimum atomic E-state index is -0.111. The van der Waals surface area contributed by atoms with Crippen molar-refractivity contribution in [2.75, 3.05) is 46.6 Å². The fourth-order valence-corrected chi connectivity index (χ4v) is 2.66. The summed E-state index contributed by atoms with van der Waals surface area (Å²) in [5.74, 6) is 1.33. The fourth-order valence-electron chi connectivity index (χ4n) is 2.66. The molecule has 25 heavy (non-hydrogen) atoms. The van der Waals surface area contributed by atoms with Gasteiger partial charge in [-0.1, -0.05) is 6.07 Å². The first-order valence-electron chi connectivity index (χ1n) is 8.34. The van der Waals surface area contributed by atoms with Crippen molar-refractivity contribution < 1.29 is 19.0 Å². The van der Waals surface area contributed by atoms with E-state index < -0.39 is 0 Å². The van der Waals surface area contributed by atoms with E-state index in [2.05, 4.69) is 15.6 Å². The summed E-state index contributed by atoms with van der Waals surface area (Å²) in [6.45, 7) is 3.75. The molecule has 2 aromatic rings. The van der Waals surface area contributed by atoms with Crippen LogP contribution in [0, 0.1) is 0 Å². The Morgan fingerprint density at radius 1 is 1.16 bits per heavy atom. The van der Waals surface area contributed by atoms with Gasteiger partial charge in [-0.25, -0.2) is 0 Å². The lowest BCUT2D eigenvalue weighted by Gasteiger charge is -2.19. The molecule has 1 aliphatic rings. The highest BCUT2D eigenvalue weighted by atomic mass is 16.6. The number of nitrogens with one attached hydrogen (secondary N) is 3. The maximum atomic E-state index is 12.4. The summed E-state index contributed by atoms with van der Waals surface area (Å²) in [6, 6.07) is 5.71. The molecule has 2 heterocycles. The highest BCUT2D eigenvalue weighted by Gasteiger charge is 2.17. The Morgan fingerprint density at radius 2 is 2.00 bits per heavy atom. The zero-order chi connectivity index (χ0) is 17.5. The van der Waals surface area contributed by atoms with Gasteiger partial charge in [0.25, 0.3) is 5.91 Å². The summed E-state index contributed by atoms with van der Waals surface area (Å²) in [5, 5.41) is 6.11. The number of H-pyrrole nitrogens is 1. The average molecular weight is 345 g/mol. The highest BCUT2D eigenvalue weighted by molar-refractivity contribution is 6.00. The molecule has 0 spiro atoms. The number of methoxy groups -OCH3 is 1. The number of benzene rings is 1. The van der Waals surface area contributed by atoms with Crippen molar-refractivity contribution in [1.29, 1.82) is 0 Å². The van der Waals surface area contributed by atoms with Gasteiger partial charge >= 0.3 is 0 Å². The molecular formula is C18H23N3O4. The number of carbonyl (C=O) groups is 1. The van der Waals surface area contributed by atoms with Gasteiger partial charge in [0.1, 0.15) is 13.2 Å². The van der Waals surface area contributed by atoms with Gasteiger partial charge in [-0.05, 0) is 17.7 Å². The van der Waals surface area contributed by atoms with Crippen molar-refractivity contribution in [3.63, 3.8) is 0 Å². The quantitative estimate of drug-likeness (QED) is 0.630. The Bertz CT molecular complexity index is 714. The maximum Gasteiger partial charge on any atom is 0.253 e. The molecule has 0 radical (unpaired) electrons. The first-order chi connectivity index (χ1) is 12.3. The largest absolute Gasteiger partial charge is 0.486 e.